The third-order valence-electron chi connectivity index (χ3n) is 2.17. The van der Waals surface area contributed by atoms with E-state index in [1.165, 1.54) is 26.2 Å². The van der Waals surface area contributed by atoms with Crippen LogP contribution in [0.1, 0.15) is 26.2 Å². The summed E-state index contributed by atoms with van der Waals surface area (Å²) in [6, 6.07) is 0. The highest BCUT2D eigenvalue weighted by Gasteiger charge is 2.18. The lowest BCUT2D eigenvalue weighted by atomic mass is 9.85. The average molecular weight is 157 g/mol. The maximum absolute atomic E-state index is 10.8. The van der Waals surface area contributed by atoms with Crippen molar-refractivity contribution >= 4 is 5.91 Å². The molecule has 1 rings (SSSR count). The number of carbonyl (C=O) groups excluding carboxylic acids is 1. The Bertz CT molecular complexity index is 141. The highest BCUT2D eigenvalue weighted by Crippen LogP contribution is 2.24. The number of aliphatic hydroxyl groups is 1. The summed E-state index contributed by atoms with van der Waals surface area (Å²) in [4.78, 5) is 10.8. The molecule has 1 aliphatic rings. The number of aliphatic hydroxyl groups excluding tert-OH is 1. The van der Waals surface area contributed by atoms with E-state index in [2.05, 4.69) is 5.32 Å². The molecule has 0 aromatic heterocycles. The molecule has 1 aliphatic carbocycles. The van der Waals surface area contributed by atoms with Gasteiger partial charge in [-0.3, -0.25) is 4.79 Å². The first-order valence-electron chi connectivity index (χ1n) is 4.16. The van der Waals surface area contributed by atoms with Crippen LogP contribution in [0.4, 0.5) is 0 Å². The van der Waals surface area contributed by atoms with E-state index in [-0.39, 0.29) is 5.91 Å². The van der Waals surface area contributed by atoms with Crippen LogP contribution in [0.2, 0.25) is 0 Å². The molecule has 3 nitrogen and oxygen atoms in total. The van der Waals surface area contributed by atoms with Crippen molar-refractivity contribution in [1.29, 1.82) is 0 Å². The van der Waals surface area contributed by atoms with Crippen molar-refractivity contribution < 1.29 is 9.90 Å². The maximum atomic E-state index is 10.8. The van der Waals surface area contributed by atoms with Crippen molar-refractivity contribution in [2.24, 2.45) is 5.92 Å². The first kappa shape index (κ1) is 8.53. The Labute approximate surface area is 66.8 Å². The molecule has 1 fully saturated rings. The number of amides is 1. The first-order valence-corrected chi connectivity index (χ1v) is 4.16. The fraction of sp³-hybridized carbons (Fsp3) is 0.875. The summed E-state index contributed by atoms with van der Waals surface area (Å²) in [6.07, 6.45) is 2.87. The molecule has 0 radical (unpaired) electrons. The molecule has 0 saturated heterocycles. The zero-order valence-electron chi connectivity index (χ0n) is 6.84. The van der Waals surface area contributed by atoms with Gasteiger partial charge in [0.25, 0.3) is 0 Å². The molecule has 0 spiro atoms. The van der Waals surface area contributed by atoms with E-state index in [9.17, 15) is 4.79 Å². The minimum atomic E-state index is -0.866. The number of hydrogen-bond donors (Lipinski definition) is 2. The monoisotopic (exact) mass is 157 g/mol. The van der Waals surface area contributed by atoms with E-state index < -0.39 is 6.10 Å². The van der Waals surface area contributed by atoms with Crippen LogP contribution < -0.4 is 5.32 Å². The molecule has 0 heterocycles. The predicted octanol–water partition coefficient (Wildman–Crippen LogP) is 0.283. The molecule has 1 saturated carbocycles. The average Bonchev–Trinajstić information content (AvgIpc) is 1.83. The van der Waals surface area contributed by atoms with Gasteiger partial charge in [-0.15, -0.1) is 0 Å². The number of hydrogen-bond acceptors (Lipinski definition) is 2. The van der Waals surface area contributed by atoms with Crippen molar-refractivity contribution in [3.63, 3.8) is 0 Å². The van der Waals surface area contributed by atoms with Gasteiger partial charge in [-0.25, -0.2) is 0 Å². The Morgan fingerprint density at radius 2 is 2.36 bits per heavy atom. The Morgan fingerprint density at radius 1 is 1.73 bits per heavy atom. The standard InChI is InChI=1S/C8H15NO2/c1-6(10)8(11)9-5-7-3-2-4-7/h6-7,10H,2-5H2,1H3,(H,9,11)/t6-/m0/s1. The van der Waals surface area contributed by atoms with E-state index in [4.69, 9.17) is 5.11 Å². The Morgan fingerprint density at radius 3 is 2.73 bits per heavy atom. The van der Waals surface area contributed by atoms with Gasteiger partial charge in [0.05, 0.1) is 0 Å². The van der Waals surface area contributed by atoms with Gasteiger partial charge in [0.15, 0.2) is 0 Å². The lowest BCUT2D eigenvalue weighted by molar-refractivity contribution is -0.128. The van der Waals surface area contributed by atoms with E-state index in [0.717, 1.165) is 6.54 Å². The van der Waals surface area contributed by atoms with Crippen molar-refractivity contribution in [2.45, 2.75) is 32.3 Å². The summed E-state index contributed by atoms with van der Waals surface area (Å²) in [5, 5.41) is 11.5. The molecule has 0 unspecified atom stereocenters. The maximum Gasteiger partial charge on any atom is 0.248 e. The summed E-state index contributed by atoms with van der Waals surface area (Å²) in [7, 11) is 0. The second-order valence-corrected chi connectivity index (χ2v) is 3.22. The van der Waals surface area contributed by atoms with Gasteiger partial charge < -0.3 is 10.4 Å². The number of carbonyl (C=O) groups is 1. The molecule has 1 atom stereocenters. The molecule has 0 aliphatic heterocycles. The van der Waals surface area contributed by atoms with Crippen molar-refractivity contribution in [2.75, 3.05) is 6.54 Å². The molecule has 11 heavy (non-hydrogen) atoms. The summed E-state index contributed by atoms with van der Waals surface area (Å²) in [6.45, 7) is 2.22. The SMILES string of the molecule is C[C@H](O)C(=O)NCC1CCC1. The molecular formula is C8H15NO2. The van der Waals surface area contributed by atoms with E-state index in [1.807, 2.05) is 0 Å². The van der Waals surface area contributed by atoms with Gasteiger partial charge in [0.2, 0.25) is 5.91 Å². The normalized spacial score (nSPS) is 20.5. The molecule has 64 valence electrons. The smallest absolute Gasteiger partial charge is 0.248 e. The van der Waals surface area contributed by atoms with Crippen LogP contribution in [0.25, 0.3) is 0 Å². The van der Waals surface area contributed by atoms with Gasteiger partial charge in [-0.05, 0) is 25.7 Å². The Balaban J connectivity index is 2.06. The molecule has 0 aromatic carbocycles. The van der Waals surface area contributed by atoms with Gasteiger partial charge in [0.1, 0.15) is 6.10 Å². The quantitative estimate of drug-likeness (QED) is 0.618. The third-order valence-corrected chi connectivity index (χ3v) is 2.17. The van der Waals surface area contributed by atoms with Crippen LogP contribution in [0.15, 0.2) is 0 Å². The van der Waals surface area contributed by atoms with Gasteiger partial charge in [0, 0.05) is 6.54 Å². The van der Waals surface area contributed by atoms with E-state index >= 15 is 0 Å². The lowest BCUT2D eigenvalue weighted by Gasteiger charge is -2.25. The van der Waals surface area contributed by atoms with Crippen molar-refractivity contribution in [1.82, 2.24) is 5.32 Å². The Hall–Kier alpha value is -0.570. The fourth-order valence-corrected chi connectivity index (χ4v) is 1.09. The van der Waals surface area contributed by atoms with Crippen LogP contribution in [0.5, 0.6) is 0 Å². The molecule has 3 heteroatoms. The largest absolute Gasteiger partial charge is 0.384 e. The molecular weight excluding hydrogens is 142 g/mol. The number of nitrogens with one attached hydrogen (secondary N) is 1. The highest BCUT2D eigenvalue weighted by molar-refractivity contribution is 5.79. The second kappa shape index (κ2) is 3.72. The topological polar surface area (TPSA) is 49.3 Å². The Kier molecular flexibility index (Phi) is 2.88. The molecule has 2 N–H and O–H groups in total. The third kappa shape index (κ3) is 2.50. The minimum absolute atomic E-state index is 0.253. The van der Waals surface area contributed by atoms with Crippen LogP contribution in [0.3, 0.4) is 0 Å². The summed E-state index contributed by atoms with van der Waals surface area (Å²) in [5.41, 5.74) is 0. The first-order chi connectivity index (χ1) is 5.20. The van der Waals surface area contributed by atoms with Crippen LogP contribution >= 0.6 is 0 Å². The highest BCUT2D eigenvalue weighted by atomic mass is 16.3. The molecule has 0 bridgehead atoms. The predicted molar refractivity (Wildman–Crippen MR) is 42.0 cm³/mol. The van der Waals surface area contributed by atoms with Crippen molar-refractivity contribution in [3.05, 3.63) is 0 Å². The summed E-state index contributed by atoms with van der Waals surface area (Å²) in [5.74, 6) is 0.412. The van der Waals surface area contributed by atoms with E-state index in [1.54, 1.807) is 0 Å². The van der Waals surface area contributed by atoms with Crippen molar-refractivity contribution in [3.8, 4) is 0 Å². The lowest BCUT2D eigenvalue weighted by Crippen LogP contribution is -2.37. The zero-order valence-corrected chi connectivity index (χ0v) is 6.84. The van der Waals surface area contributed by atoms with E-state index in [0.29, 0.717) is 5.92 Å². The van der Waals surface area contributed by atoms with Crippen LogP contribution in [0, 0.1) is 5.92 Å². The van der Waals surface area contributed by atoms with Gasteiger partial charge >= 0.3 is 0 Å². The van der Waals surface area contributed by atoms with Gasteiger partial charge in [-0.2, -0.15) is 0 Å². The van der Waals surface area contributed by atoms with Crippen LogP contribution in [-0.2, 0) is 4.79 Å². The fourth-order valence-electron chi connectivity index (χ4n) is 1.09. The molecule has 0 aromatic rings. The minimum Gasteiger partial charge on any atom is -0.384 e. The van der Waals surface area contributed by atoms with Gasteiger partial charge in [-0.1, -0.05) is 6.42 Å². The second-order valence-electron chi connectivity index (χ2n) is 3.22. The van der Waals surface area contributed by atoms with Crippen LogP contribution in [-0.4, -0.2) is 23.7 Å². The summed E-state index contributed by atoms with van der Waals surface area (Å²) >= 11 is 0. The summed E-state index contributed by atoms with van der Waals surface area (Å²) < 4.78 is 0. The zero-order chi connectivity index (χ0) is 8.27. The molecule has 1 amide bonds. The number of rotatable bonds is 3.